The van der Waals surface area contributed by atoms with E-state index in [2.05, 4.69) is 9.97 Å². The number of ether oxygens (including phenoxy) is 1. The fraction of sp³-hybridized carbons (Fsp3) is 0.133. The fourth-order valence-corrected chi connectivity index (χ4v) is 3.33. The summed E-state index contributed by atoms with van der Waals surface area (Å²) in [6.07, 6.45) is 1.34. The van der Waals surface area contributed by atoms with Crippen LogP contribution in [0.25, 0.3) is 21.5 Å². The minimum absolute atomic E-state index is 0.201. The summed E-state index contributed by atoms with van der Waals surface area (Å²) in [4.78, 5) is 20.4. The van der Waals surface area contributed by atoms with Crippen molar-refractivity contribution < 1.29 is 19.0 Å². The molecule has 0 bridgehead atoms. The van der Waals surface area contributed by atoms with E-state index in [0.29, 0.717) is 32.8 Å². The van der Waals surface area contributed by atoms with Crippen molar-refractivity contribution >= 4 is 27.5 Å². The Balaban J connectivity index is 2.37. The van der Waals surface area contributed by atoms with E-state index in [1.165, 1.54) is 31.6 Å². The first-order valence-corrected chi connectivity index (χ1v) is 7.16. The molecule has 22 heavy (non-hydrogen) atoms. The van der Waals surface area contributed by atoms with E-state index in [0.717, 1.165) is 11.3 Å². The number of benzene rings is 1. The molecule has 0 radical (unpaired) electrons. The van der Waals surface area contributed by atoms with Crippen molar-refractivity contribution in [2.75, 3.05) is 7.11 Å². The van der Waals surface area contributed by atoms with Crippen molar-refractivity contribution in [3.8, 4) is 17.0 Å². The largest absolute Gasteiger partial charge is 0.496 e. The number of carboxylic acid groups (broad SMARTS) is 1. The third kappa shape index (κ3) is 2.19. The van der Waals surface area contributed by atoms with Gasteiger partial charge >= 0.3 is 5.97 Å². The Kier molecular flexibility index (Phi) is 3.50. The molecule has 0 aliphatic rings. The zero-order valence-electron chi connectivity index (χ0n) is 11.8. The molecular weight excluding hydrogens is 307 g/mol. The van der Waals surface area contributed by atoms with Crippen LogP contribution in [-0.4, -0.2) is 28.2 Å². The minimum atomic E-state index is -1.02. The molecule has 112 valence electrons. The topological polar surface area (TPSA) is 72.3 Å². The number of hydrogen-bond acceptors (Lipinski definition) is 5. The third-order valence-electron chi connectivity index (χ3n) is 3.34. The molecule has 3 aromatic rings. The molecule has 0 aliphatic heterocycles. The summed E-state index contributed by atoms with van der Waals surface area (Å²) >= 11 is 1.07. The molecule has 0 spiro atoms. The summed E-state index contributed by atoms with van der Waals surface area (Å²) < 4.78 is 18.9. The van der Waals surface area contributed by atoms with Gasteiger partial charge in [0.15, 0.2) is 0 Å². The van der Waals surface area contributed by atoms with Crippen LogP contribution in [0, 0.1) is 12.7 Å². The molecule has 0 aliphatic carbocycles. The summed E-state index contributed by atoms with van der Waals surface area (Å²) in [5.41, 5.74) is 1.49. The van der Waals surface area contributed by atoms with E-state index in [1.54, 1.807) is 6.92 Å². The van der Waals surface area contributed by atoms with Gasteiger partial charge in [-0.3, -0.25) is 0 Å². The summed E-state index contributed by atoms with van der Waals surface area (Å²) in [5, 5.41) is 9.86. The molecule has 0 amide bonds. The highest BCUT2D eigenvalue weighted by molar-refractivity contribution is 7.20. The molecule has 5 nitrogen and oxygen atoms in total. The Morgan fingerprint density at radius 2 is 2.14 bits per heavy atom. The van der Waals surface area contributed by atoms with Crippen molar-refractivity contribution in [3.05, 3.63) is 40.8 Å². The lowest BCUT2D eigenvalue weighted by Gasteiger charge is -2.09. The Bertz CT molecular complexity index is 892. The lowest BCUT2D eigenvalue weighted by atomic mass is 10.0. The molecule has 0 fully saturated rings. The summed E-state index contributed by atoms with van der Waals surface area (Å²) in [5.74, 6) is -0.976. The third-order valence-corrected chi connectivity index (χ3v) is 4.53. The summed E-state index contributed by atoms with van der Waals surface area (Å²) in [7, 11) is 1.48. The molecule has 1 N–H and O–H groups in total. The Hall–Kier alpha value is -2.54. The standard InChI is InChI=1S/C15H11FN2O3S/c1-7-11-12(9-5-8(16)3-4-10(9)21-2)17-6-18-14(11)22-13(7)15(19)20/h3-6H,1-2H3,(H,19,20). The van der Waals surface area contributed by atoms with Gasteiger partial charge in [-0.15, -0.1) is 11.3 Å². The number of rotatable bonds is 3. The van der Waals surface area contributed by atoms with Gasteiger partial charge in [0.05, 0.1) is 12.8 Å². The zero-order valence-corrected chi connectivity index (χ0v) is 12.6. The van der Waals surface area contributed by atoms with Crippen molar-refractivity contribution in [1.82, 2.24) is 9.97 Å². The Morgan fingerprint density at radius 3 is 2.82 bits per heavy atom. The van der Waals surface area contributed by atoms with E-state index >= 15 is 0 Å². The van der Waals surface area contributed by atoms with E-state index in [9.17, 15) is 14.3 Å². The number of aromatic carboxylic acids is 1. The molecule has 0 saturated heterocycles. The molecule has 7 heteroatoms. The zero-order chi connectivity index (χ0) is 15.9. The average molecular weight is 318 g/mol. The lowest BCUT2D eigenvalue weighted by Crippen LogP contribution is -1.95. The number of carboxylic acids is 1. The van der Waals surface area contributed by atoms with Crippen molar-refractivity contribution in [2.24, 2.45) is 0 Å². The smallest absolute Gasteiger partial charge is 0.346 e. The second-order valence-corrected chi connectivity index (χ2v) is 5.61. The van der Waals surface area contributed by atoms with E-state index < -0.39 is 11.8 Å². The molecule has 2 aromatic heterocycles. The number of fused-ring (bicyclic) bond motifs is 1. The highest BCUT2D eigenvalue weighted by Crippen LogP contribution is 2.38. The van der Waals surface area contributed by atoms with Crippen LogP contribution < -0.4 is 4.74 Å². The predicted molar refractivity (Wildman–Crippen MR) is 81.1 cm³/mol. The van der Waals surface area contributed by atoms with E-state index in [1.807, 2.05) is 0 Å². The predicted octanol–water partition coefficient (Wildman–Crippen LogP) is 3.51. The van der Waals surface area contributed by atoms with E-state index in [4.69, 9.17) is 4.74 Å². The Labute approximate surface area is 129 Å². The van der Waals surface area contributed by atoms with Gasteiger partial charge in [0.1, 0.15) is 27.6 Å². The second-order valence-electron chi connectivity index (χ2n) is 4.61. The maximum atomic E-state index is 13.6. The van der Waals surface area contributed by atoms with Crippen LogP contribution in [0.4, 0.5) is 4.39 Å². The molecule has 0 atom stereocenters. The van der Waals surface area contributed by atoms with Gasteiger partial charge in [-0.1, -0.05) is 0 Å². The first-order chi connectivity index (χ1) is 10.5. The molecule has 0 unspecified atom stereocenters. The number of nitrogens with zero attached hydrogens (tertiary/aromatic N) is 2. The average Bonchev–Trinajstić information content (AvgIpc) is 2.85. The monoisotopic (exact) mass is 318 g/mol. The maximum absolute atomic E-state index is 13.6. The van der Waals surface area contributed by atoms with Crippen LogP contribution in [0.5, 0.6) is 5.75 Å². The number of methoxy groups -OCH3 is 1. The number of thiophene rings is 1. The van der Waals surface area contributed by atoms with Crippen LogP contribution in [-0.2, 0) is 0 Å². The molecule has 1 aromatic carbocycles. The van der Waals surface area contributed by atoms with Crippen LogP contribution >= 0.6 is 11.3 Å². The van der Waals surface area contributed by atoms with Gasteiger partial charge in [-0.05, 0) is 30.7 Å². The normalized spacial score (nSPS) is 10.9. The van der Waals surface area contributed by atoms with Crippen molar-refractivity contribution in [1.29, 1.82) is 0 Å². The highest BCUT2D eigenvalue weighted by Gasteiger charge is 2.21. The lowest BCUT2D eigenvalue weighted by molar-refractivity contribution is 0.0701. The Morgan fingerprint density at radius 1 is 1.36 bits per heavy atom. The number of hydrogen-bond donors (Lipinski definition) is 1. The van der Waals surface area contributed by atoms with Crippen LogP contribution in [0.3, 0.4) is 0 Å². The quantitative estimate of drug-likeness (QED) is 0.800. The van der Waals surface area contributed by atoms with Crippen molar-refractivity contribution in [2.45, 2.75) is 6.92 Å². The van der Waals surface area contributed by atoms with Gasteiger partial charge in [-0.25, -0.2) is 19.2 Å². The fourth-order valence-electron chi connectivity index (χ4n) is 2.35. The van der Waals surface area contributed by atoms with Gasteiger partial charge < -0.3 is 9.84 Å². The van der Waals surface area contributed by atoms with E-state index in [-0.39, 0.29) is 4.88 Å². The minimum Gasteiger partial charge on any atom is -0.496 e. The SMILES string of the molecule is COc1ccc(F)cc1-c1ncnc2sc(C(=O)O)c(C)c12. The number of carbonyl (C=O) groups is 1. The highest BCUT2D eigenvalue weighted by atomic mass is 32.1. The van der Waals surface area contributed by atoms with Gasteiger partial charge in [0.2, 0.25) is 0 Å². The molecular formula is C15H11FN2O3S. The van der Waals surface area contributed by atoms with Crippen LogP contribution in [0.15, 0.2) is 24.5 Å². The van der Waals surface area contributed by atoms with Crippen LogP contribution in [0.2, 0.25) is 0 Å². The first kappa shape index (κ1) is 14.4. The first-order valence-electron chi connectivity index (χ1n) is 6.34. The van der Waals surface area contributed by atoms with Crippen molar-refractivity contribution in [3.63, 3.8) is 0 Å². The molecule has 3 rings (SSSR count). The second kappa shape index (κ2) is 5.34. The molecule has 2 heterocycles. The number of aromatic nitrogens is 2. The summed E-state index contributed by atoms with van der Waals surface area (Å²) in [6, 6.07) is 4.13. The van der Waals surface area contributed by atoms with Gasteiger partial charge in [0.25, 0.3) is 0 Å². The summed E-state index contributed by atoms with van der Waals surface area (Å²) in [6.45, 7) is 1.70. The number of aryl methyl sites for hydroxylation is 1. The maximum Gasteiger partial charge on any atom is 0.346 e. The number of halogens is 1. The molecule has 0 saturated carbocycles. The van der Waals surface area contributed by atoms with Gasteiger partial charge in [-0.2, -0.15) is 0 Å². The van der Waals surface area contributed by atoms with Gasteiger partial charge in [0, 0.05) is 10.9 Å². The van der Waals surface area contributed by atoms with Crippen LogP contribution in [0.1, 0.15) is 15.2 Å².